The first-order valence-electron chi connectivity index (χ1n) is 8.88. The molecule has 8 heteroatoms. The molecule has 1 aliphatic carbocycles. The number of benzene rings is 1. The van der Waals surface area contributed by atoms with Gasteiger partial charge >= 0.3 is 173 Å². The Hall–Kier alpha value is -1.99. The van der Waals surface area contributed by atoms with Gasteiger partial charge in [0, 0.05) is 0 Å². The molecule has 1 aliphatic rings. The van der Waals surface area contributed by atoms with Crippen molar-refractivity contribution in [3.63, 3.8) is 0 Å². The molecule has 0 heterocycles. The minimum absolute atomic E-state index is 0.00402. The van der Waals surface area contributed by atoms with Crippen molar-refractivity contribution in [3.8, 4) is 0 Å². The molecule has 0 N–H and O–H groups in total. The SMILES string of the molecule is COC(=O)C1=C(OCOCC[Si](C)(C)C)C=CC(=O)/C1=N\[Se]c1ccccc1. The fraction of sp³-hybridized carbons (Fsp3) is 0.350. The molecule has 0 bridgehead atoms. The Balaban J connectivity index is 2.15. The number of methoxy groups -OCH3 is 1. The molecule has 0 fully saturated rings. The number of hydrogen-bond acceptors (Lipinski definition) is 6. The molecule has 150 valence electrons. The summed E-state index contributed by atoms with van der Waals surface area (Å²) in [7, 11) is 0.0747. The van der Waals surface area contributed by atoms with Crippen molar-refractivity contribution in [1.82, 2.24) is 0 Å². The van der Waals surface area contributed by atoms with Crippen molar-refractivity contribution in [1.29, 1.82) is 0 Å². The zero-order valence-electron chi connectivity index (χ0n) is 16.6. The van der Waals surface area contributed by atoms with Crippen LogP contribution in [0, 0.1) is 0 Å². The number of rotatable bonds is 9. The third-order valence-corrected chi connectivity index (χ3v) is 7.06. The summed E-state index contributed by atoms with van der Waals surface area (Å²) in [5.41, 5.74) is 0.108. The van der Waals surface area contributed by atoms with Crippen LogP contribution in [0.2, 0.25) is 25.7 Å². The number of nitrogens with zero attached hydrogens (tertiary/aromatic N) is 1. The number of carbonyl (C=O) groups is 2. The first-order valence-corrected chi connectivity index (χ1v) is 14.2. The second-order valence-corrected chi connectivity index (χ2v) is 14.6. The molecule has 2 rings (SSSR count). The number of ketones is 1. The quantitative estimate of drug-likeness (QED) is 0.184. The fourth-order valence-corrected chi connectivity index (χ4v) is 4.32. The standard InChI is InChI=1S/C20H25NO5SeSi/c1-24-20(23)18-17(26-14-25-12-13-28(2,3)4)11-10-16(22)19(18)21-27-15-8-6-5-7-9-15/h5-11H,12-14H2,1-4H3/b21-19+. The van der Waals surface area contributed by atoms with Gasteiger partial charge in [-0.05, 0) is 0 Å². The molecule has 0 radical (unpaired) electrons. The Morgan fingerprint density at radius 1 is 1.14 bits per heavy atom. The maximum atomic E-state index is 12.3. The van der Waals surface area contributed by atoms with E-state index in [0.29, 0.717) is 6.61 Å². The number of esters is 1. The van der Waals surface area contributed by atoms with E-state index in [1.807, 2.05) is 30.3 Å². The van der Waals surface area contributed by atoms with Gasteiger partial charge in [0.2, 0.25) is 0 Å². The van der Waals surface area contributed by atoms with Crippen LogP contribution in [0.4, 0.5) is 0 Å². The third-order valence-electron chi connectivity index (χ3n) is 3.77. The molecular weight excluding hydrogens is 441 g/mol. The Morgan fingerprint density at radius 3 is 2.50 bits per heavy atom. The van der Waals surface area contributed by atoms with E-state index < -0.39 is 14.0 Å². The van der Waals surface area contributed by atoms with Gasteiger partial charge in [0.05, 0.1) is 0 Å². The maximum absolute atomic E-state index is 12.3. The van der Waals surface area contributed by atoms with Crippen LogP contribution in [0.5, 0.6) is 0 Å². The third kappa shape index (κ3) is 6.87. The van der Waals surface area contributed by atoms with Crippen molar-refractivity contribution in [2.75, 3.05) is 20.5 Å². The van der Waals surface area contributed by atoms with E-state index in [9.17, 15) is 9.59 Å². The summed E-state index contributed by atoms with van der Waals surface area (Å²) < 4.78 is 21.4. The number of hydrogen-bond donors (Lipinski definition) is 0. The summed E-state index contributed by atoms with van der Waals surface area (Å²) in [6, 6.07) is 10.6. The molecule has 0 spiro atoms. The van der Waals surface area contributed by atoms with Crippen LogP contribution in [-0.2, 0) is 23.8 Å². The summed E-state index contributed by atoms with van der Waals surface area (Å²) in [6.45, 7) is 7.39. The summed E-state index contributed by atoms with van der Waals surface area (Å²) in [4.78, 5) is 24.7. The van der Waals surface area contributed by atoms with Crippen LogP contribution in [-0.4, -0.2) is 61.2 Å². The summed E-state index contributed by atoms with van der Waals surface area (Å²) in [5.74, 6) is -0.760. The molecule has 0 saturated heterocycles. The number of carbonyl (C=O) groups excluding carboxylic acids is 2. The molecule has 0 aromatic heterocycles. The van der Waals surface area contributed by atoms with E-state index in [2.05, 4.69) is 23.6 Å². The Bertz CT molecular complexity index is 797. The van der Waals surface area contributed by atoms with Gasteiger partial charge in [-0.2, -0.15) is 0 Å². The van der Waals surface area contributed by atoms with Crippen molar-refractivity contribution < 1.29 is 23.8 Å². The monoisotopic (exact) mass is 467 g/mol. The van der Waals surface area contributed by atoms with Gasteiger partial charge in [-0.1, -0.05) is 0 Å². The van der Waals surface area contributed by atoms with Gasteiger partial charge in [-0.3, -0.25) is 0 Å². The zero-order valence-corrected chi connectivity index (χ0v) is 19.3. The molecular formula is C20H25NO5SeSi. The van der Waals surface area contributed by atoms with E-state index in [1.54, 1.807) is 0 Å². The second-order valence-electron chi connectivity index (χ2n) is 7.25. The molecule has 0 saturated carbocycles. The van der Waals surface area contributed by atoms with E-state index in [1.165, 1.54) is 19.3 Å². The van der Waals surface area contributed by atoms with Gasteiger partial charge in [0.25, 0.3) is 0 Å². The molecule has 0 amide bonds. The van der Waals surface area contributed by atoms with Crippen molar-refractivity contribution in [2.24, 2.45) is 4.01 Å². The zero-order chi connectivity index (χ0) is 20.6. The molecule has 1 aromatic rings. The summed E-state index contributed by atoms with van der Waals surface area (Å²) in [6.07, 6.45) is 2.81. The average Bonchev–Trinajstić information content (AvgIpc) is 2.66. The molecule has 0 atom stereocenters. The first kappa shape index (κ1) is 22.3. The van der Waals surface area contributed by atoms with Crippen molar-refractivity contribution in [2.45, 2.75) is 25.7 Å². The van der Waals surface area contributed by atoms with Gasteiger partial charge in [0.1, 0.15) is 0 Å². The van der Waals surface area contributed by atoms with Crippen LogP contribution in [0.1, 0.15) is 0 Å². The van der Waals surface area contributed by atoms with Gasteiger partial charge in [0.15, 0.2) is 0 Å². The molecule has 28 heavy (non-hydrogen) atoms. The molecule has 6 nitrogen and oxygen atoms in total. The van der Waals surface area contributed by atoms with E-state index >= 15 is 0 Å². The topological polar surface area (TPSA) is 74.2 Å². The van der Waals surface area contributed by atoms with Crippen LogP contribution in [0.3, 0.4) is 0 Å². The number of ether oxygens (including phenoxy) is 3. The van der Waals surface area contributed by atoms with Crippen molar-refractivity contribution in [3.05, 3.63) is 53.8 Å². The van der Waals surface area contributed by atoms with Crippen LogP contribution >= 0.6 is 0 Å². The van der Waals surface area contributed by atoms with Gasteiger partial charge < -0.3 is 0 Å². The summed E-state index contributed by atoms with van der Waals surface area (Å²) in [5, 5.41) is 0. The van der Waals surface area contributed by atoms with E-state index in [0.717, 1.165) is 10.5 Å². The predicted octanol–water partition coefficient (Wildman–Crippen LogP) is 2.27. The minimum atomic E-state index is -1.19. The number of allylic oxidation sites excluding steroid dienone is 2. The average molecular weight is 466 g/mol. The Morgan fingerprint density at radius 2 is 1.86 bits per heavy atom. The molecule has 0 unspecified atom stereocenters. The van der Waals surface area contributed by atoms with Gasteiger partial charge in [-0.15, -0.1) is 0 Å². The van der Waals surface area contributed by atoms with Crippen LogP contribution in [0.25, 0.3) is 0 Å². The Kier molecular flexibility index (Phi) is 8.38. The van der Waals surface area contributed by atoms with Crippen molar-refractivity contribution >= 4 is 45.2 Å². The normalized spacial score (nSPS) is 15.9. The van der Waals surface area contributed by atoms with Crippen LogP contribution in [0.15, 0.2) is 57.8 Å². The predicted molar refractivity (Wildman–Crippen MR) is 113 cm³/mol. The van der Waals surface area contributed by atoms with Crippen LogP contribution < -0.4 is 4.46 Å². The van der Waals surface area contributed by atoms with E-state index in [4.69, 9.17) is 14.2 Å². The molecule has 0 aliphatic heterocycles. The Labute approximate surface area is 173 Å². The second kappa shape index (κ2) is 10.5. The molecule has 1 aromatic carbocycles. The van der Waals surface area contributed by atoms with Gasteiger partial charge in [-0.25, -0.2) is 0 Å². The first-order chi connectivity index (χ1) is 13.3. The fourth-order valence-electron chi connectivity index (χ4n) is 2.19. The summed E-state index contributed by atoms with van der Waals surface area (Å²) >= 11 is -0.352. The van der Waals surface area contributed by atoms with E-state index in [-0.39, 0.29) is 44.8 Å².